The lowest BCUT2D eigenvalue weighted by atomic mass is 9.89. The highest BCUT2D eigenvalue weighted by Crippen LogP contribution is 2.34. The second-order valence-corrected chi connectivity index (χ2v) is 7.15. The number of rotatable bonds is 4. The van der Waals surface area contributed by atoms with Crippen LogP contribution < -0.4 is 9.64 Å². The van der Waals surface area contributed by atoms with E-state index < -0.39 is 23.9 Å². The van der Waals surface area contributed by atoms with Crippen LogP contribution in [0.5, 0.6) is 5.75 Å². The zero-order valence-electron chi connectivity index (χ0n) is 15.7. The highest BCUT2D eigenvalue weighted by atomic mass is 19.4. The summed E-state index contributed by atoms with van der Waals surface area (Å²) < 4.78 is 40.7. The molecule has 7 heteroatoms. The van der Waals surface area contributed by atoms with E-state index in [0.29, 0.717) is 6.42 Å². The first-order valence-corrected chi connectivity index (χ1v) is 8.86. The molecule has 2 aromatic rings. The van der Waals surface area contributed by atoms with Gasteiger partial charge >= 0.3 is 6.36 Å². The highest BCUT2D eigenvalue weighted by molar-refractivity contribution is 6.22. The summed E-state index contributed by atoms with van der Waals surface area (Å²) >= 11 is 0. The van der Waals surface area contributed by atoms with Crippen LogP contribution in [0, 0.1) is 25.7 Å². The lowest BCUT2D eigenvalue weighted by molar-refractivity contribution is -0.274. The Kier molecular flexibility index (Phi) is 5.19. The number of ether oxygens (including phenoxy) is 1. The van der Waals surface area contributed by atoms with Gasteiger partial charge in [-0.2, -0.15) is 0 Å². The summed E-state index contributed by atoms with van der Waals surface area (Å²) in [5.74, 6) is -2.14. The van der Waals surface area contributed by atoms with Crippen molar-refractivity contribution >= 4 is 17.5 Å². The first kappa shape index (κ1) is 19.9. The summed E-state index contributed by atoms with van der Waals surface area (Å²) in [7, 11) is 0. The molecule has 4 nitrogen and oxygen atoms in total. The van der Waals surface area contributed by atoms with Crippen molar-refractivity contribution in [3.63, 3.8) is 0 Å². The van der Waals surface area contributed by atoms with E-state index in [1.165, 1.54) is 12.1 Å². The maximum Gasteiger partial charge on any atom is 0.573 e. The first-order valence-electron chi connectivity index (χ1n) is 8.86. The minimum absolute atomic E-state index is 0.235. The monoisotopic (exact) mass is 391 g/mol. The minimum atomic E-state index is -4.80. The van der Waals surface area contributed by atoms with Crippen molar-refractivity contribution in [3.8, 4) is 5.75 Å². The van der Waals surface area contributed by atoms with Gasteiger partial charge in [-0.05, 0) is 50.1 Å². The molecule has 3 rings (SSSR count). The second-order valence-electron chi connectivity index (χ2n) is 7.15. The number of halogens is 3. The number of alkyl halides is 3. The maximum absolute atomic E-state index is 12.9. The number of aryl methyl sites for hydroxylation is 2. The molecule has 0 aliphatic carbocycles. The van der Waals surface area contributed by atoms with Gasteiger partial charge in [-0.25, -0.2) is 0 Å². The Morgan fingerprint density at radius 2 is 1.54 bits per heavy atom. The van der Waals surface area contributed by atoms with Gasteiger partial charge in [0.15, 0.2) is 0 Å². The van der Waals surface area contributed by atoms with E-state index in [4.69, 9.17) is 0 Å². The van der Waals surface area contributed by atoms with E-state index in [0.717, 1.165) is 33.7 Å². The Hall–Kier alpha value is -2.83. The number of anilines is 1. The summed E-state index contributed by atoms with van der Waals surface area (Å²) in [6, 6.07) is 10.8. The molecule has 1 aliphatic heterocycles. The number of nitrogens with zero attached hydrogens (tertiary/aromatic N) is 1. The van der Waals surface area contributed by atoms with Crippen molar-refractivity contribution in [2.75, 3.05) is 4.90 Å². The summed E-state index contributed by atoms with van der Waals surface area (Å²) in [4.78, 5) is 26.6. The molecule has 2 amide bonds. The van der Waals surface area contributed by atoms with E-state index >= 15 is 0 Å². The Labute approximate surface area is 160 Å². The average molecular weight is 391 g/mol. The number of carbonyl (C=O) groups is 2. The van der Waals surface area contributed by atoms with Gasteiger partial charge in [-0.15, -0.1) is 13.2 Å². The van der Waals surface area contributed by atoms with Crippen molar-refractivity contribution in [3.05, 3.63) is 59.2 Å². The fraction of sp³-hybridized carbons (Fsp3) is 0.333. The normalized spacial score (nSPS) is 20.0. The van der Waals surface area contributed by atoms with E-state index in [1.807, 2.05) is 32.0 Å². The van der Waals surface area contributed by atoms with Crippen LogP contribution in [0.25, 0.3) is 0 Å². The SMILES string of the molecule is Cc1cc(C)cc(C[C@H]2C(=O)N(c3ccc(OC(F)(F)F)cc3)C(=O)[C@@H]2C)c1. The molecular formula is C21H20F3NO3. The van der Waals surface area contributed by atoms with Crippen molar-refractivity contribution < 1.29 is 27.5 Å². The highest BCUT2D eigenvalue weighted by Gasteiger charge is 2.45. The molecule has 0 N–H and O–H groups in total. The molecule has 2 aromatic carbocycles. The van der Waals surface area contributed by atoms with Crippen LogP contribution in [0.4, 0.5) is 18.9 Å². The number of imide groups is 1. The minimum Gasteiger partial charge on any atom is -0.406 e. The summed E-state index contributed by atoms with van der Waals surface area (Å²) in [6.07, 6.45) is -4.37. The molecule has 0 saturated carbocycles. The topological polar surface area (TPSA) is 46.6 Å². The Morgan fingerprint density at radius 1 is 0.964 bits per heavy atom. The van der Waals surface area contributed by atoms with Crippen molar-refractivity contribution in [2.45, 2.75) is 33.6 Å². The maximum atomic E-state index is 12.9. The van der Waals surface area contributed by atoms with Gasteiger partial charge in [0.2, 0.25) is 11.8 Å². The number of hydrogen-bond donors (Lipinski definition) is 0. The second kappa shape index (κ2) is 7.30. The fourth-order valence-electron chi connectivity index (χ4n) is 3.62. The lowest BCUT2D eigenvalue weighted by Crippen LogP contribution is -2.31. The van der Waals surface area contributed by atoms with Crippen LogP contribution in [0.15, 0.2) is 42.5 Å². The zero-order chi connectivity index (χ0) is 20.6. The molecule has 0 spiro atoms. The summed E-state index contributed by atoms with van der Waals surface area (Å²) in [5.41, 5.74) is 3.37. The van der Waals surface area contributed by atoms with Gasteiger partial charge in [0.05, 0.1) is 11.6 Å². The van der Waals surface area contributed by atoms with Crippen LogP contribution in [-0.2, 0) is 16.0 Å². The molecule has 1 heterocycles. The van der Waals surface area contributed by atoms with Gasteiger partial charge < -0.3 is 4.74 Å². The third-order valence-electron chi connectivity index (χ3n) is 4.82. The van der Waals surface area contributed by atoms with Crippen LogP contribution in [-0.4, -0.2) is 18.2 Å². The molecule has 28 heavy (non-hydrogen) atoms. The first-order chi connectivity index (χ1) is 13.0. The van der Waals surface area contributed by atoms with Crippen molar-refractivity contribution in [1.29, 1.82) is 0 Å². The number of carbonyl (C=O) groups excluding carboxylic acids is 2. The smallest absolute Gasteiger partial charge is 0.406 e. The molecule has 148 valence electrons. The van der Waals surface area contributed by atoms with Gasteiger partial charge in [-0.3, -0.25) is 14.5 Å². The number of hydrogen-bond acceptors (Lipinski definition) is 3. The molecule has 1 fully saturated rings. The van der Waals surface area contributed by atoms with Crippen molar-refractivity contribution in [1.82, 2.24) is 0 Å². The molecule has 0 unspecified atom stereocenters. The fourth-order valence-corrected chi connectivity index (χ4v) is 3.62. The third-order valence-corrected chi connectivity index (χ3v) is 4.82. The van der Waals surface area contributed by atoms with Gasteiger partial charge in [0.25, 0.3) is 0 Å². The number of benzene rings is 2. The molecule has 0 radical (unpaired) electrons. The Morgan fingerprint density at radius 3 is 2.07 bits per heavy atom. The van der Waals surface area contributed by atoms with Gasteiger partial charge in [0, 0.05) is 5.92 Å². The van der Waals surface area contributed by atoms with Gasteiger partial charge in [-0.1, -0.05) is 36.2 Å². The van der Waals surface area contributed by atoms with E-state index in [-0.39, 0.29) is 17.5 Å². The molecule has 0 bridgehead atoms. The number of amides is 2. The Balaban J connectivity index is 1.82. The Bertz CT molecular complexity index is 886. The largest absolute Gasteiger partial charge is 0.573 e. The van der Waals surface area contributed by atoms with E-state index in [2.05, 4.69) is 4.74 Å². The predicted octanol–water partition coefficient (Wildman–Crippen LogP) is 4.57. The van der Waals surface area contributed by atoms with E-state index in [1.54, 1.807) is 6.92 Å². The van der Waals surface area contributed by atoms with Crippen LogP contribution in [0.1, 0.15) is 23.6 Å². The third kappa shape index (κ3) is 4.18. The molecule has 0 aromatic heterocycles. The summed E-state index contributed by atoms with van der Waals surface area (Å²) in [6.45, 7) is 5.64. The van der Waals surface area contributed by atoms with Gasteiger partial charge in [0.1, 0.15) is 5.75 Å². The predicted molar refractivity (Wildman–Crippen MR) is 97.9 cm³/mol. The van der Waals surface area contributed by atoms with E-state index in [9.17, 15) is 22.8 Å². The van der Waals surface area contributed by atoms with Crippen LogP contribution >= 0.6 is 0 Å². The quantitative estimate of drug-likeness (QED) is 0.718. The van der Waals surface area contributed by atoms with Crippen LogP contribution in [0.3, 0.4) is 0 Å². The zero-order valence-corrected chi connectivity index (χ0v) is 15.7. The molecular weight excluding hydrogens is 371 g/mol. The standard InChI is InChI=1S/C21H20F3NO3/c1-12-8-13(2)10-15(9-12)11-18-14(3)19(26)25(20(18)27)16-4-6-17(7-5-16)28-21(22,23)24/h4-10,14,18H,11H2,1-3H3/t14-,18-/m1/s1. The van der Waals surface area contributed by atoms with Crippen molar-refractivity contribution in [2.24, 2.45) is 11.8 Å². The molecule has 1 saturated heterocycles. The molecule has 1 aliphatic rings. The average Bonchev–Trinajstić information content (AvgIpc) is 2.77. The summed E-state index contributed by atoms with van der Waals surface area (Å²) in [5, 5.41) is 0. The molecule has 2 atom stereocenters. The van der Waals surface area contributed by atoms with Crippen LogP contribution in [0.2, 0.25) is 0 Å². The lowest BCUT2D eigenvalue weighted by Gasteiger charge is -2.16.